The van der Waals surface area contributed by atoms with Crippen LogP contribution in [0.25, 0.3) is 0 Å². The number of rotatable bonds is 3. The van der Waals surface area contributed by atoms with Crippen molar-refractivity contribution in [3.8, 4) is 0 Å². The number of carbonyl (C=O) groups excluding carboxylic acids is 2. The molecular formula is C23H20Cl2N2O2. The van der Waals surface area contributed by atoms with Crippen molar-refractivity contribution in [3.05, 3.63) is 75.8 Å². The second kappa shape index (κ2) is 6.61. The highest BCUT2D eigenvalue weighted by Gasteiger charge is 2.62. The molecule has 0 aromatic heterocycles. The number of piperidine rings is 1. The van der Waals surface area contributed by atoms with Crippen molar-refractivity contribution < 1.29 is 9.59 Å². The van der Waals surface area contributed by atoms with Gasteiger partial charge in [0.1, 0.15) is 5.41 Å². The molecule has 3 aliphatic rings. The first kappa shape index (κ1) is 18.7. The Morgan fingerprint density at radius 1 is 1.07 bits per heavy atom. The molecule has 3 atom stereocenters. The molecule has 5 rings (SSSR count). The number of fused-ring (bicyclic) bond motifs is 2. The van der Waals surface area contributed by atoms with Crippen LogP contribution in [0.4, 0.5) is 5.69 Å². The Morgan fingerprint density at radius 3 is 2.55 bits per heavy atom. The van der Waals surface area contributed by atoms with Crippen LogP contribution < -0.4 is 10.6 Å². The quantitative estimate of drug-likeness (QED) is 0.690. The fourth-order valence-electron chi connectivity index (χ4n) is 5.02. The predicted octanol–water partition coefficient (Wildman–Crippen LogP) is 4.82. The van der Waals surface area contributed by atoms with Crippen LogP contribution in [0.1, 0.15) is 36.3 Å². The van der Waals surface area contributed by atoms with Crippen LogP contribution in [0.5, 0.6) is 0 Å². The van der Waals surface area contributed by atoms with Crippen LogP contribution in [0.3, 0.4) is 0 Å². The van der Waals surface area contributed by atoms with Gasteiger partial charge in [-0.05, 0) is 54.2 Å². The molecule has 29 heavy (non-hydrogen) atoms. The second-order valence-corrected chi connectivity index (χ2v) is 9.05. The van der Waals surface area contributed by atoms with Gasteiger partial charge in [0.2, 0.25) is 11.8 Å². The Bertz CT molecular complexity index is 1060. The maximum absolute atomic E-state index is 13.7. The van der Waals surface area contributed by atoms with Gasteiger partial charge in [-0.15, -0.1) is 0 Å². The standard InChI is InChI=1S/C23H20Cl2N2O2/c1-12(13-5-6-13)21-23(17-8-7-16(25)10-19(17)26-22(23)29)18(11-20(28)27-21)14-3-2-4-15(24)9-14/h2-4,7-10,13,18,21H,1,5-6,11H2,(H,26,29)(H,27,28)/t18-,21+,23-/m0/s1. The van der Waals surface area contributed by atoms with Gasteiger partial charge >= 0.3 is 0 Å². The molecule has 0 bridgehead atoms. The maximum atomic E-state index is 13.7. The van der Waals surface area contributed by atoms with Gasteiger partial charge in [-0.3, -0.25) is 9.59 Å². The highest BCUT2D eigenvalue weighted by Crippen LogP contribution is 2.56. The van der Waals surface area contributed by atoms with Crippen LogP contribution in [0, 0.1) is 5.92 Å². The third-order valence-electron chi connectivity index (χ3n) is 6.47. The van der Waals surface area contributed by atoms with Crippen molar-refractivity contribution in [3.63, 3.8) is 0 Å². The Morgan fingerprint density at radius 2 is 1.83 bits per heavy atom. The summed E-state index contributed by atoms with van der Waals surface area (Å²) in [5.74, 6) is -0.244. The highest BCUT2D eigenvalue weighted by molar-refractivity contribution is 6.31. The minimum Gasteiger partial charge on any atom is -0.348 e. The van der Waals surface area contributed by atoms with E-state index in [1.807, 2.05) is 24.3 Å². The molecule has 148 valence electrons. The molecule has 2 heterocycles. The van der Waals surface area contributed by atoms with Crippen molar-refractivity contribution >= 4 is 40.7 Å². The average Bonchev–Trinajstić information content (AvgIpc) is 3.49. The number of carbonyl (C=O) groups is 2. The number of halogens is 2. The smallest absolute Gasteiger partial charge is 0.238 e. The van der Waals surface area contributed by atoms with E-state index in [0.717, 1.165) is 29.5 Å². The summed E-state index contributed by atoms with van der Waals surface area (Å²) in [5.41, 5.74) is 2.35. The molecular weight excluding hydrogens is 407 g/mol. The molecule has 0 unspecified atom stereocenters. The van der Waals surface area contributed by atoms with E-state index in [9.17, 15) is 9.59 Å². The molecule has 2 aromatic rings. The monoisotopic (exact) mass is 426 g/mol. The van der Waals surface area contributed by atoms with E-state index >= 15 is 0 Å². The number of anilines is 1. The average molecular weight is 427 g/mol. The van der Waals surface area contributed by atoms with Gasteiger partial charge in [0.15, 0.2) is 0 Å². The van der Waals surface area contributed by atoms with Crippen molar-refractivity contribution in [2.24, 2.45) is 5.92 Å². The van der Waals surface area contributed by atoms with E-state index in [1.54, 1.807) is 18.2 Å². The Hall–Kier alpha value is -2.30. The van der Waals surface area contributed by atoms with Gasteiger partial charge in [0.05, 0.1) is 6.04 Å². The molecule has 6 heteroatoms. The number of hydrogen-bond acceptors (Lipinski definition) is 2. The summed E-state index contributed by atoms with van der Waals surface area (Å²) in [7, 11) is 0. The molecule has 2 N–H and O–H groups in total. The van der Waals surface area contributed by atoms with Crippen molar-refractivity contribution in [2.45, 2.75) is 36.6 Å². The Balaban J connectivity index is 1.76. The lowest BCUT2D eigenvalue weighted by molar-refractivity contribution is -0.130. The minimum absolute atomic E-state index is 0.0809. The van der Waals surface area contributed by atoms with Crippen LogP contribution in [0.15, 0.2) is 54.6 Å². The fourth-order valence-corrected chi connectivity index (χ4v) is 5.39. The third kappa shape index (κ3) is 2.81. The summed E-state index contributed by atoms with van der Waals surface area (Å²) in [5, 5.41) is 7.26. The van der Waals surface area contributed by atoms with E-state index in [-0.39, 0.29) is 24.2 Å². The first-order chi connectivity index (χ1) is 13.9. The zero-order valence-corrected chi connectivity index (χ0v) is 17.2. The summed E-state index contributed by atoms with van der Waals surface area (Å²) in [4.78, 5) is 26.4. The van der Waals surface area contributed by atoms with Gasteiger partial charge in [0, 0.05) is 28.1 Å². The SMILES string of the molecule is C=C(C1CC1)[C@H]1NC(=O)C[C@@H](c2cccc(Cl)c2)[C@]12C(=O)Nc1cc(Cl)ccc12. The lowest BCUT2D eigenvalue weighted by Gasteiger charge is -2.47. The first-order valence-electron chi connectivity index (χ1n) is 9.76. The fraction of sp³-hybridized carbons (Fsp3) is 0.304. The Kier molecular flexibility index (Phi) is 4.27. The molecule has 1 spiro atoms. The molecule has 2 aliphatic heterocycles. The molecule has 1 saturated carbocycles. The van der Waals surface area contributed by atoms with Crippen molar-refractivity contribution in [1.29, 1.82) is 0 Å². The number of nitrogens with one attached hydrogen (secondary N) is 2. The molecule has 2 aromatic carbocycles. The minimum atomic E-state index is -0.988. The second-order valence-electron chi connectivity index (χ2n) is 8.17. The lowest BCUT2D eigenvalue weighted by atomic mass is 9.59. The molecule has 1 aliphatic carbocycles. The lowest BCUT2D eigenvalue weighted by Crippen LogP contribution is -2.62. The van der Waals surface area contributed by atoms with Crippen molar-refractivity contribution in [1.82, 2.24) is 5.32 Å². The molecule has 1 saturated heterocycles. The summed E-state index contributed by atoms with van der Waals surface area (Å²) >= 11 is 12.5. The summed E-state index contributed by atoms with van der Waals surface area (Å²) in [6.07, 6.45) is 2.28. The van der Waals surface area contributed by atoms with Gasteiger partial charge in [-0.1, -0.05) is 53.6 Å². The van der Waals surface area contributed by atoms with E-state index < -0.39 is 11.5 Å². The molecule has 4 nitrogen and oxygen atoms in total. The number of amides is 2. The van der Waals surface area contributed by atoms with E-state index in [4.69, 9.17) is 23.2 Å². The summed E-state index contributed by atoms with van der Waals surface area (Å²) < 4.78 is 0. The van der Waals surface area contributed by atoms with Crippen LogP contribution >= 0.6 is 23.2 Å². The van der Waals surface area contributed by atoms with Crippen LogP contribution in [0.2, 0.25) is 10.0 Å². The zero-order valence-electron chi connectivity index (χ0n) is 15.7. The summed E-state index contributed by atoms with van der Waals surface area (Å²) in [6.45, 7) is 4.32. The molecule has 0 radical (unpaired) electrons. The zero-order chi connectivity index (χ0) is 20.3. The normalized spacial score (nSPS) is 28.1. The number of benzene rings is 2. The maximum Gasteiger partial charge on any atom is 0.238 e. The van der Waals surface area contributed by atoms with E-state index in [1.165, 1.54) is 0 Å². The topological polar surface area (TPSA) is 58.2 Å². The van der Waals surface area contributed by atoms with Crippen LogP contribution in [-0.2, 0) is 15.0 Å². The van der Waals surface area contributed by atoms with E-state index in [0.29, 0.717) is 21.7 Å². The summed E-state index contributed by atoms with van der Waals surface area (Å²) in [6, 6.07) is 12.4. The van der Waals surface area contributed by atoms with Gasteiger partial charge in [-0.25, -0.2) is 0 Å². The Labute approximate surface area is 179 Å². The van der Waals surface area contributed by atoms with Gasteiger partial charge in [0.25, 0.3) is 0 Å². The number of hydrogen-bond donors (Lipinski definition) is 2. The third-order valence-corrected chi connectivity index (χ3v) is 6.94. The predicted molar refractivity (Wildman–Crippen MR) is 114 cm³/mol. The van der Waals surface area contributed by atoms with Crippen LogP contribution in [-0.4, -0.2) is 17.9 Å². The first-order valence-corrected chi connectivity index (χ1v) is 10.5. The molecule has 2 fully saturated rings. The van der Waals surface area contributed by atoms with E-state index in [2.05, 4.69) is 17.2 Å². The van der Waals surface area contributed by atoms with Gasteiger partial charge in [-0.2, -0.15) is 0 Å². The highest BCUT2D eigenvalue weighted by atomic mass is 35.5. The van der Waals surface area contributed by atoms with Crippen molar-refractivity contribution in [2.75, 3.05) is 5.32 Å². The van der Waals surface area contributed by atoms with Gasteiger partial charge < -0.3 is 10.6 Å². The molecule has 2 amide bonds. The largest absolute Gasteiger partial charge is 0.348 e.